The highest BCUT2D eigenvalue weighted by molar-refractivity contribution is 5.84. The number of piperidine rings is 1. The second kappa shape index (κ2) is 7.35. The summed E-state index contributed by atoms with van der Waals surface area (Å²) < 4.78 is 2.05. The highest BCUT2D eigenvalue weighted by Crippen LogP contribution is 2.28. The number of benzene rings is 1. The first-order valence-electron chi connectivity index (χ1n) is 10.3. The van der Waals surface area contributed by atoms with Gasteiger partial charge in [0.15, 0.2) is 5.65 Å². The normalized spacial score (nSPS) is 18.4. The molecule has 148 valence electrons. The van der Waals surface area contributed by atoms with E-state index in [0.29, 0.717) is 6.54 Å². The number of likely N-dealkylation sites (tertiary alicyclic amines) is 1. The molecule has 0 saturated carbocycles. The van der Waals surface area contributed by atoms with Gasteiger partial charge in [-0.2, -0.15) is 0 Å². The van der Waals surface area contributed by atoms with Gasteiger partial charge >= 0.3 is 0 Å². The van der Waals surface area contributed by atoms with Crippen LogP contribution in [0.25, 0.3) is 16.6 Å². The molecular weight excluding hydrogens is 362 g/mol. The molecule has 4 aromatic rings. The van der Waals surface area contributed by atoms with E-state index in [9.17, 15) is 4.79 Å². The summed E-state index contributed by atoms with van der Waals surface area (Å²) in [4.78, 5) is 18.5. The lowest BCUT2D eigenvalue weighted by atomic mass is 9.94. The van der Waals surface area contributed by atoms with Crippen LogP contribution in [-0.2, 0) is 11.2 Å². The Kier molecular flexibility index (Phi) is 4.54. The Balaban J connectivity index is 1.31. The number of nitrogens with zero attached hydrogens (tertiary/aromatic N) is 4. The number of amides is 1. The Morgan fingerprint density at radius 2 is 2.07 bits per heavy atom. The standard InChI is InChI=1S/C23H25N5O/c1-16(13-18-14-24-20-9-3-2-8-19(18)20)23(29)27-11-6-7-17(15-27)22-26-25-21-10-4-5-12-28(21)22/h2-5,8-10,12,14,16-17,24H,6-7,11,13,15H2,1H3/t16-,17+/m0/s1. The minimum Gasteiger partial charge on any atom is -0.361 e. The Morgan fingerprint density at radius 1 is 1.21 bits per heavy atom. The fraction of sp³-hybridized carbons (Fsp3) is 0.348. The summed E-state index contributed by atoms with van der Waals surface area (Å²) in [5, 5.41) is 9.91. The summed E-state index contributed by atoms with van der Waals surface area (Å²) in [5.74, 6) is 1.37. The van der Waals surface area contributed by atoms with E-state index < -0.39 is 0 Å². The molecule has 1 N–H and O–H groups in total. The molecule has 0 aliphatic carbocycles. The number of fused-ring (bicyclic) bond motifs is 2. The van der Waals surface area contributed by atoms with Gasteiger partial charge in [0.2, 0.25) is 5.91 Å². The van der Waals surface area contributed by atoms with E-state index in [2.05, 4.69) is 27.3 Å². The maximum atomic E-state index is 13.2. The van der Waals surface area contributed by atoms with Crippen LogP contribution in [0.4, 0.5) is 0 Å². The van der Waals surface area contributed by atoms with Crippen molar-refractivity contribution in [2.24, 2.45) is 5.92 Å². The molecule has 0 spiro atoms. The van der Waals surface area contributed by atoms with Crippen LogP contribution in [0.1, 0.15) is 37.1 Å². The van der Waals surface area contributed by atoms with Crippen molar-refractivity contribution in [3.63, 3.8) is 0 Å². The number of rotatable bonds is 4. The monoisotopic (exact) mass is 387 g/mol. The molecule has 0 bridgehead atoms. The molecule has 29 heavy (non-hydrogen) atoms. The van der Waals surface area contributed by atoms with Crippen LogP contribution in [0.15, 0.2) is 54.9 Å². The number of nitrogens with one attached hydrogen (secondary N) is 1. The molecule has 0 unspecified atom stereocenters. The molecule has 5 rings (SSSR count). The number of carbonyl (C=O) groups excluding carboxylic acids is 1. The van der Waals surface area contributed by atoms with Crippen molar-refractivity contribution >= 4 is 22.5 Å². The quantitative estimate of drug-likeness (QED) is 0.579. The van der Waals surface area contributed by atoms with E-state index in [4.69, 9.17) is 0 Å². The van der Waals surface area contributed by atoms with Crippen LogP contribution < -0.4 is 0 Å². The first kappa shape index (κ1) is 17.9. The van der Waals surface area contributed by atoms with Crippen molar-refractivity contribution < 1.29 is 4.79 Å². The van der Waals surface area contributed by atoms with Gasteiger partial charge in [0, 0.05) is 48.2 Å². The maximum absolute atomic E-state index is 13.2. The summed E-state index contributed by atoms with van der Waals surface area (Å²) in [6.45, 7) is 3.58. The fourth-order valence-corrected chi connectivity index (χ4v) is 4.56. The number of carbonyl (C=O) groups is 1. The number of aromatic nitrogens is 4. The lowest BCUT2D eigenvalue weighted by Gasteiger charge is -2.33. The topological polar surface area (TPSA) is 66.3 Å². The van der Waals surface area contributed by atoms with Crippen LogP contribution in [0.3, 0.4) is 0 Å². The Morgan fingerprint density at radius 3 is 3.00 bits per heavy atom. The van der Waals surface area contributed by atoms with E-state index >= 15 is 0 Å². The predicted octanol–water partition coefficient (Wildman–Crippen LogP) is 3.80. The average molecular weight is 387 g/mol. The molecule has 1 aliphatic heterocycles. The number of H-pyrrole nitrogens is 1. The van der Waals surface area contributed by atoms with Crippen molar-refractivity contribution in [1.29, 1.82) is 0 Å². The van der Waals surface area contributed by atoms with Gasteiger partial charge in [-0.05, 0) is 43.0 Å². The second-order valence-corrected chi connectivity index (χ2v) is 8.08. The number of hydrogen-bond donors (Lipinski definition) is 1. The van der Waals surface area contributed by atoms with Crippen LogP contribution in [0.2, 0.25) is 0 Å². The van der Waals surface area contributed by atoms with E-state index in [1.165, 1.54) is 10.9 Å². The van der Waals surface area contributed by atoms with Gasteiger partial charge in [0.25, 0.3) is 0 Å². The summed E-state index contributed by atoms with van der Waals surface area (Å²) >= 11 is 0. The molecular formula is C23H25N5O. The third kappa shape index (κ3) is 3.28. The smallest absolute Gasteiger partial charge is 0.225 e. The zero-order chi connectivity index (χ0) is 19.8. The second-order valence-electron chi connectivity index (χ2n) is 8.08. The average Bonchev–Trinajstić information content (AvgIpc) is 3.38. The zero-order valence-corrected chi connectivity index (χ0v) is 16.6. The van der Waals surface area contributed by atoms with E-state index in [1.807, 2.05) is 58.9 Å². The van der Waals surface area contributed by atoms with Crippen molar-refractivity contribution in [3.05, 3.63) is 66.2 Å². The van der Waals surface area contributed by atoms with Gasteiger partial charge in [0.05, 0.1) is 0 Å². The lowest BCUT2D eigenvalue weighted by Crippen LogP contribution is -2.42. The molecule has 4 heterocycles. The summed E-state index contributed by atoms with van der Waals surface area (Å²) in [5.41, 5.74) is 3.19. The minimum atomic E-state index is -0.0527. The van der Waals surface area contributed by atoms with Gasteiger partial charge in [-0.3, -0.25) is 9.20 Å². The Labute approximate surface area is 169 Å². The first-order valence-corrected chi connectivity index (χ1v) is 10.3. The van der Waals surface area contributed by atoms with Crippen molar-refractivity contribution in [2.45, 2.75) is 32.1 Å². The van der Waals surface area contributed by atoms with Crippen molar-refractivity contribution in [2.75, 3.05) is 13.1 Å². The van der Waals surface area contributed by atoms with Gasteiger partial charge in [-0.15, -0.1) is 10.2 Å². The molecule has 6 nitrogen and oxygen atoms in total. The third-order valence-corrected chi connectivity index (χ3v) is 6.06. The Hall–Kier alpha value is -3.15. The summed E-state index contributed by atoms with van der Waals surface area (Å²) in [6.07, 6.45) is 6.83. The molecule has 2 atom stereocenters. The van der Waals surface area contributed by atoms with Gasteiger partial charge in [-0.25, -0.2) is 0 Å². The number of hydrogen-bond acceptors (Lipinski definition) is 3. The highest BCUT2D eigenvalue weighted by Gasteiger charge is 2.30. The zero-order valence-electron chi connectivity index (χ0n) is 16.6. The summed E-state index contributed by atoms with van der Waals surface area (Å²) in [7, 11) is 0. The molecule has 3 aromatic heterocycles. The summed E-state index contributed by atoms with van der Waals surface area (Å²) in [6, 6.07) is 14.2. The minimum absolute atomic E-state index is 0.0527. The number of aromatic amines is 1. The predicted molar refractivity (Wildman–Crippen MR) is 113 cm³/mol. The molecule has 1 fully saturated rings. The molecule has 0 radical (unpaired) electrons. The van der Waals surface area contributed by atoms with Crippen LogP contribution in [-0.4, -0.2) is 43.5 Å². The molecule has 1 aliphatic rings. The lowest BCUT2D eigenvalue weighted by molar-refractivity contribution is -0.136. The van der Waals surface area contributed by atoms with Crippen LogP contribution >= 0.6 is 0 Å². The highest BCUT2D eigenvalue weighted by atomic mass is 16.2. The Bertz CT molecular complexity index is 1160. The molecule has 6 heteroatoms. The van der Waals surface area contributed by atoms with Gasteiger partial charge in [0.1, 0.15) is 5.82 Å². The largest absolute Gasteiger partial charge is 0.361 e. The van der Waals surface area contributed by atoms with Gasteiger partial charge < -0.3 is 9.88 Å². The van der Waals surface area contributed by atoms with E-state index in [-0.39, 0.29) is 17.7 Å². The van der Waals surface area contributed by atoms with Crippen molar-refractivity contribution in [1.82, 2.24) is 24.5 Å². The molecule has 1 aromatic carbocycles. The maximum Gasteiger partial charge on any atom is 0.225 e. The van der Waals surface area contributed by atoms with Crippen LogP contribution in [0.5, 0.6) is 0 Å². The third-order valence-electron chi connectivity index (χ3n) is 6.06. The van der Waals surface area contributed by atoms with E-state index in [0.717, 1.165) is 42.8 Å². The first-order chi connectivity index (χ1) is 14.2. The number of pyridine rings is 1. The van der Waals surface area contributed by atoms with E-state index in [1.54, 1.807) is 0 Å². The fourth-order valence-electron chi connectivity index (χ4n) is 4.56. The van der Waals surface area contributed by atoms with Crippen LogP contribution in [0, 0.1) is 5.92 Å². The molecule has 1 amide bonds. The van der Waals surface area contributed by atoms with Crippen molar-refractivity contribution in [3.8, 4) is 0 Å². The molecule has 1 saturated heterocycles. The van der Waals surface area contributed by atoms with Gasteiger partial charge in [-0.1, -0.05) is 31.2 Å². The number of para-hydroxylation sites is 1. The SMILES string of the molecule is C[C@@H](Cc1c[nH]c2ccccc12)C(=O)N1CCC[C@@H](c2nnc3ccccn23)C1.